The van der Waals surface area contributed by atoms with Crippen molar-refractivity contribution in [1.82, 2.24) is 14.3 Å². The van der Waals surface area contributed by atoms with Gasteiger partial charge in [0.2, 0.25) is 10.0 Å². The molecule has 3 heterocycles. The van der Waals surface area contributed by atoms with E-state index in [1.165, 1.54) is 4.90 Å². The Morgan fingerprint density at radius 1 is 1.29 bits per heavy atom. The van der Waals surface area contributed by atoms with Gasteiger partial charge in [-0.1, -0.05) is 6.07 Å². The van der Waals surface area contributed by atoms with Gasteiger partial charge < -0.3 is 19.1 Å². The van der Waals surface area contributed by atoms with Crippen molar-refractivity contribution in [3.05, 3.63) is 53.3 Å². The molecule has 1 atom stereocenters. The zero-order chi connectivity index (χ0) is 24.8. The number of nitrogens with two attached hydrogens (primary N) is 1. The number of carbonyl (C=O) groups is 1. The smallest absolute Gasteiger partial charge is 0.417 e. The number of aryl methyl sites for hydroxylation is 1. The molecule has 3 aromatic rings. The van der Waals surface area contributed by atoms with Gasteiger partial charge in [-0.25, -0.2) is 23.3 Å². The Balaban J connectivity index is 1.89. The molecule has 13 heteroatoms. The van der Waals surface area contributed by atoms with E-state index in [1.54, 1.807) is 22.7 Å². The number of alkyl halides is 3. The summed E-state index contributed by atoms with van der Waals surface area (Å²) in [6, 6.07) is 5.99. The number of aromatic nitrogens is 2. The number of hydrogen-bond donors (Lipinski definition) is 2. The van der Waals surface area contributed by atoms with Crippen molar-refractivity contribution in [3.8, 4) is 11.3 Å². The first kappa shape index (κ1) is 24.0. The highest BCUT2D eigenvalue weighted by atomic mass is 32.2. The number of sulfonamides is 1. The third kappa shape index (κ3) is 4.72. The average molecular weight is 498 g/mol. The lowest BCUT2D eigenvalue weighted by Gasteiger charge is -2.31. The van der Waals surface area contributed by atoms with E-state index < -0.39 is 38.9 Å². The predicted molar refractivity (Wildman–Crippen MR) is 115 cm³/mol. The molecule has 34 heavy (non-hydrogen) atoms. The topological polar surface area (TPSA) is 127 Å². The quantitative estimate of drug-likeness (QED) is 0.570. The molecule has 0 spiro atoms. The van der Waals surface area contributed by atoms with Gasteiger partial charge in [-0.3, -0.25) is 0 Å². The van der Waals surface area contributed by atoms with Gasteiger partial charge in [0, 0.05) is 24.7 Å². The molecule has 0 aliphatic carbocycles. The number of halogens is 3. The lowest BCUT2D eigenvalue weighted by atomic mass is 10.00. The van der Waals surface area contributed by atoms with Crippen LogP contribution in [-0.2, 0) is 27.4 Å². The number of amides is 1. The van der Waals surface area contributed by atoms with Crippen LogP contribution < -0.4 is 5.14 Å². The van der Waals surface area contributed by atoms with E-state index in [0.29, 0.717) is 17.4 Å². The van der Waals surface area contributed by atoms with E-state index in [1.807, 2.05) is 6.92 Å². The number of imidazole rings is 1. The molecule has 9 nitrogen and oxygen atoms in total. The van der Waals surface area contributed by atoms with Gasteiger partial charge in [-0.05, 0) is 36.8 Å². The van der Waals surface area contributed by atoms with Crippen LogP contribution in [-0.4, -0.2) is 59.7 Å². The van der Waals surface area contributed by atoms with Crippen molar-refractivity contribution >= 4 is 21.8 Å². The molecule has 0 bridgehead atoms. The Morgan fingerprint density at radius 2 is 2.03 bits per heavy atom. The van der Waals surface area contributed by atoms with Crippen LogP contribution >= 0.6 is 0 Å². The molecular formula is C21H21F3N4O5S. The molecule has 3 N–H and O–H groups in total. The maximum atomic E-state index is 14.0. The molecule has 1 aromatic carbocycles. The first-order valence-electron chi connectivity index (χ1n) is 10.2. The summed E-state index contributed by atoms with van der Waals surface area (Å²) in [7, 11) is -4.37. The van der Waals surface area contributed by atoms with Gasteiger partial charge in [0.25, 0.3) is 0 Å². The minimum Gasteiger partial charge on any atom is -0.465 e. The lowest BCUT2D eigenvalue weighted by Crippen LogP contribution is -2.45. The van der Waals surface area contributed by atoms with Gasteiger partial charge in [0.05, 0.1) is 41.1 Å². The van der Waals surface area contributed by atoms with E-state index in [-0.39, 0.29) is 37.4 Å². The lowest BCUT2D eigenvalue weighted by molar-refractivity contribution is -0.137. The van der Waals surface area contributed by atoms with Crippen LogP contribution in [0.4, 0.5) is 18.0 Å². The largest absolute Gasteiger partial charge is 0.465 e. The molecular weight excluding hydrogens is 477 g/mol. The van der Waals surface area contributed by atoms with Gasteiger partial charge in [0.15, 0.2) is 0 Å². The number of nitrogens with zero attached hydrogens (tertiary/aromatic N) is 3. The fraction of sp³-hybridized carbons (Fsp3) is 0.333. The summed E-state index contributed by atoms with van der Waals surface area (Å²) in [6.07, 6.45) is -4.86. The summed E-state index contributed by atoms with van der Waals surface area (Å²) < 4.78 is 72.6. The number of fused-ring (bicyclic) bond motifs is 1. The van der Waals surface area contributed by atoms with Crippen LogP contribution in [0.3, 0.4) is 0 Å². The molecule has 1 saturated heterocycles. The summed E-state index contributed by atoms with van der Waals surface area (Å²) in [6.45, 7) is 2.20. The molecule has 1 aliphatic rings. The van der Waals surface area contributed by atoms with Crippen LogP contribution in [0.1, 0.15) is 16.8 Å². The SMILES string of the molecule is Cc1ccn2c(CC3CN(C(=O)O)CCO3)c(-c3ccc(S(N)(=O)=O)cc3C(F)(F)F)nc2c1. The van der Waals surface area contributed by atoms with Crippen LogP contribution in [0.15, 0.2) is 41.4 Å². The Kier molecular flexibility index (Phi) is 6.04. The first-order valence-corrected chi connectivity index (χ1v) is 11.7. The Bertz CT molecular complexity index is 1370. The van der Waals surface area contributed by atoms with E-state index >= 15 is 0 Å². The zero-order valence-corrected chi connectivity index (χ0v) is 18.7. The highest BCUT2D eigenvalue weighted by molar-refractivity contribution is 7.89. The normalized spacial score (nSPS) is 17.3. The second-order valence-corrected chi connectivity index (χ2v) is 9.58. The number of primary sulfonamides is 1. The summed E-state index contributed by atoms with van der Waals surface area (Å²) in [5.41, 5.74) is 0.0806. The number of pyridine rings is 1. The predicted octanol–water partition coefficient (Wildman–Crippen LogP) is 2.90. The fourth-order valence-corrected chi connectivity index (χ4v) is 4.52. The maximum absolute atomic E-state index is 14.0. The number of carboxylic acid groups (broad SMARTS) is 1. The number of ether oxygens (including phenoxy) is 1. The van der Waals surface area contributed by atoms with Crippen molar-refractivity contribution < 1.29 is 36.2 Å². The van der Waals surface area contributed by atoms with Crippen molar-refractivity contribution in [2.24, 2.45) is 5.14 Å². The summed E-state index contributed by atoms with van der Waals surface area (Å²) in [4.78, 5) is 16.3. The minimum absolute atomic E-state index is 0.00468. The summed E-state index contributed by atoms with van der Waals surface area (Å²) in [5.74, 6) is 0. The van der Waals surface area contributed by atoms with E-state index in [4.69, 9.17) is 9.88 Å². The molecule has 1 aliphatic heterocycles. The molecule has 1 amide bonds. The highest BCUT2D eigenvalue weighted by Gasteiger charge is 2.37. The Labute approximate surface area is 192 Å². The third-order valence-electron chi connectivity index (χ3n) is 5.59. The number of benzene rings is 1. The minimum atomic E-state index is -4.89. The van der Waals surface area contributed by atoms with Crippen molar-refractivity contribution in [2.75, 3.05) is 19.7 Å². The number of morpholine rings is 1. The first-order chi connectivity index (χ1) is 15.8. The van der Waals surface area contributed by atoms with Crippen LogP contribution in [0.25, 0.3) is 16.9 Å². The highest BCUT2D eigenvalue weighted by Crippen LogP contribution is 2.39. The molecule has 1 fully saturated rings. The second kappa shape index (κ2) is 8.56. The standard InChI is InChI=1S/C21H21F3N4O5S/c1-12-4-5-28-17(9-13-11-27(20(29)30)6-7-33-13)19(26-18(28)8-12)15-3-2-14(34(25,31)32)10-16(15)21(22,23)24/h2-5,8,10,13H,6-7,9,11H2,1H3,(H,29,30)(H2,25,31,32). The Hall–Kier alpha value is -3.16. The zero-order valence-electron chi connectivity index (χ0n) is 17.9. The molecule has 0 radical (unpaired) electrons. The van der Waals surface area contributed by atoms with Gasteiger partial charge in [-0.15, -0.1) is 0 Å². The van der Waals surface area contributed by atoms with Gasteiger partial charge in [0.1, 0.15) is 5.65 Å². The van der Waals surface area contributed by atoms with Crippen LogP contribution in [0.5, 0.6) is 0 Å². The van der Waals surface area contributed by atoms with Crippen LogP contribution in [0.2, 0.25) is 0 Å². The monoisotopic (exact) mass is 498 g/mol. The molecule has 4 rings (SSSR count). The van der Waals surface area contributed by atoms with Crippen molar-refractivity contribution in [2.45, 2.75) is 30.5 Å². The number of rotatable bonds is 4. The van der Waals surface area contributed by atoms with E-state index in [0.717, 1.165) is 17.7 Å². The van der Waals surface area contributed by atoms with E-state index in [2.05, 4.69) is 4.98 Å². The summed E-state index contributed by atoms with van der Waals surface area (Å²) >= 11 is 0. The summed E-state index contributed by atoms with van der Waals surface area (Å²) in [5, 5.41) is 14.3. The Morgan fingerprint density at radius 3 is 2.68 bits per heavy atom. The van der Waals surface area contributed by atoms with E-state index in [9.17, 15) is 31.5 Å². The fourth-order valence-electron chi connectivity index (χ4n) is 3.98. The van der Waals surface area contributed by atoms with Gasteiger partial charge >= 0.3 is 12.3 Å². The third-order valence-corrected chi connectivity index (χ3v) is 6.50. The van der Waals surface area contributed by atoms with Crippen LogP contribution in [0, 0.1) is 6.92 Å². The maximum Gasteiger partial charge on any atom is 0.417 e. The van der Waals surface area contributed by atoms with Gasteiger partial charge in [-0.2, -0.15) is 13.2 Å². The molecule has 1 unspecified atom stereocenters. The molecule has 182 valence electrons. The molecule has 2 aromatic heterocycles. The second-order valence-electron chi connectivity index (χ2n) is 8.02. The average Bonchev–Trinajstić information content (AvgIpc) is 3.09. The molecule has 0 saturated carbocycles. The van der Waals surface area contributed by atoms with Crippen molar-refractivity contribution in [3.63, 3.8) is 0 Å². The van der Waals surface area contributed by atoms with Crippen molar-refractivity contribution in [1.29, 1.82) is 0 Å². The number of hydrogen-bond acceptors (Lipinski definition) is 5.